The molecule has 9 heavy (non-hydrogen) atoms. The number of carboxylic acids is 1. The number of carbonyl (C=O) groups is 1. The smallest absolute Gasteiger partial charge is 0.330 e. The highest BCUT2D eigenvalue weighted by molar-refractivity contribution is 6.92. The van der Waals surface area contributed by atoms with Gasteiger partial charge in [0.25, 0.3) is 0 Å². The molecular formula is C5H12O2Si2. The summed E-state index contributed by atoms with van der Waals surface area (Å²) in [7, 11) is 1.10. The summed E-state index contributed by atoms with van der Waals surface area (Å²) in [6.07, 6.45) is 0.671. The van der Waals surface area contributed by atoms with Crippen LogP contribution in [-0.4, -0.2) is 29.9 Å². The van der Waals surface area contributed by atoms with Crippen LogP contribution in [0.4, 0.5) is 0 Å². The van der Waals surface area contributed by atoms with Crippen LogP contribution >= 0.6 is 0 Å². The van der Waals surface area contributed by atoms with Crippen molar-refractivity contribution in [3.05, 3.63) is 11.3 Å². The summed E-state index contributed by atoms with van der Waals surface area (Å²) in [6.45, 7) is 1.88. The van der Waals surface area contributed by atoms with E-state index in [-0.39, 0.29) is 9.04 Å². The maximum absolute atomic E-state index is 10.3. The molecule has 0 bridgehead atoms. The van der Waals surface area contributed by atoms with Gasteiger partial charge in [-0.05, 0) is 16.2 Å². The van der Waals surface area contributed by atoms with E-state index >= 15 is 0 Å². The minimum absolute atomic E-state index is 0.0912. The normalized spacial score (nSPS) is 13.2. The van der Waals surface area contributed by atoms with Crippen LogP contribution in [0, 0.1) is 0 Å². The summed E-state index contributed by atoms with van der Waals surface area (Å²) >= 11 is 0. The molecule has 1 N–H and O–H groups in total. The first-order chi connectivity index (χ1) is 4.22. The molecule has 0 aromatic carbocycles. The van der Waals surface area contributed by atoms with E-state index in [9.17, 15) is 4.79 Å². The summed E-state index contributed by atoms with van der Waals surface area (Å²) in [5.41, 5.74) is 2.55. The third kappa shape index (κ3) is 3.26. The molecule has 0 aromatic heterocycles. The number of hydrogen-bond acceptors (Lipinski definition) is 1. The predicted octanol–water partition coefficient (Wildman–Crippen LogP) is -1.19. The summed E-state index contributed by atoms with van der Waals surface area (Å²) in [5, 5.41) is 8.47. The Balaban J connectivity index is 3.98. The van der Waals surface area contributed by atoms with Crippen LogP contribution in [0.2, 0.25) is 0 Å². The van der Waals surface area contributed by atoms with Gasteiger partial charge in [-0.25, -0.2) is 4.79 Å². The molecular weight excluding hydrogens is 148 g/mol. The van der Waals surface area contributed by atoms with Gasteiger partial charge in [0.05, 0.1) is 0 Å². The van der Waals surface area contributed by atoms with Crippen molar-refractivity contribution < 1.29 is 9.90 Å². The lowest BCUT2D eigenvalue weighted by molar-refractivity contribution is -0.132. The van der Waals surface area contributed by atoms with Crippen molar-refractivity contribution >= 4 is 24.8 Å². The summed E-state index contributed by atoms with van der Waals surface area (Å²) in [6, 6.07) is 0. The molecule has 2 nitrogen and oxygen atoms in total. The van der Waals surface area contributed by atoms with Crippen molar-refractivity contribution in [3.63, 3.8) is 0 Å². The number of aliphatic carboxylic acids is 1. The third-order valence-electron chi connectivity index (χ3n) is 1.11. The molecule has 52 valence electrons. The minimum atomic E-state index is -0.735. The predicted molar refractivity (Wildman–Crippen MR) is 44.5 cm³/mol. The Morgan fingerprint density at radius 3 is 2.56 bits per heavy atom. The maximum atomic E-state index is 10.3. The Morgan fingerprint density at radius 2 is 2.44 bits per heavy atom. The SMILES string of the molecule is CCC(=C[SiH2][SiH3])C(=O)O. The molecule has 4 heteroatoms. The van der Waals surface area contributed by atoms with E-state index in [0.717, 1.165) is 0 Å². The first-order valence-electron chi connectivity index (χ1n) is 3.14. The minimum Gasteiger partial charge on any atom is -0.478 e. The second-order valence-electron chi connectivity index (χ2n) is 1.80. The lowest BCUT2D eigenvalue weighted by atomic mass is 10.2. The van der Waals surface area contributed by atoms with E-state index in [4.69, 9.17) is 5.11 Å². The van der Waals surface area contributed by atoms with Gasteiger partial charge in [-0.2, -0.15) is 0 Å². The van der Waals surface area contributed by atoms with Gasteiger partial charge in [-0.15, -0.1) is 0 Å². The van der Waals surface area contributed by atoms with Crippen molar-refractivity contribution in [2.24, 2.45) is 0 Å². The lowest BCUT2D eigenvalue weighted by Gasteiger charge is -1.93. The van der Waals surface area contributed by atoms with Crippen LogP contribution < -0.4 is 0 Å². The van der Waals surface area contributed by atoms with Crippen molar-refractivity contribution in [2.75, 3.05) is 0 Å². The fraction of sp³-hybridized carbons (Fsp3) is 0.400. The van der Waals surface area contributed by atoms with Crippen LogP contribution in [0.15, 0.2) is 11.3 Å². The number of carboxylic acid groups (broad SMARTS) is 1. The van der Waals surface area contributed by atoms with Crippen LogP contribution in [0.5, 0.6) is 0 Å². The first-order valence-corrected chi connectivity index (χ1v) is 9.62. The molecule has 0 aliphatic carbocycles. The Hall–Kier alpha value is -0.356. The summed E-state index contributed by atoms with van der Waals surface area (Å²) < 4.78 is 0. The molecule has 0 heterocycles. The average molecular weight is 160 g/mol. The van der Waals surface area contributed by atoms with E-state index in [2.05, 4.69) is 0 Å². The number of hydrogen-bond donors (Lipinski definition) is 1. The van der Waals surface area contributed by atoms with E-state index < -0.39 is 5.97 Å². The second kappa shape index (κ2) is 4.52. The van der Waals surface area contributed by atoms with Gasteiger partial charge in [0, 0.05) is 14.6 Å². The average Bonchev–Trinajstić information content (AvgIpc) is 1.82. The molecule has 0 aliphatic rings. The second-order valence-corrected chi connectivity index (χ2v) is 5.47. The van der Waals surface area contributed by atoms with E-state index in [1.165, 1.54) is 9.76 Å². The molecule has 0 spiro atoms. The zero-order valence-electron chi connectivity index (χ0n) is 5.85. The van der Waals surface area contributed by atoms with E-state index in [0.29, 0.717) is 12.0 Å². The fourth-order valence-corrected chi connectivity index (χ4v) is 3.06. The molecule has 0 rings (SSSR count). The van der Waals surface area contributed by atoms with E-state index in [1.807, 2.05) is 12.6 Å². The van der Waals surface area contributed by atoms with Crippen molar-refractivity contribution in [3.8, 4) is 0 Å². The Labute approximate surface area is 60.0 Å². The van der Waals surface area contributed by atoms with Gasteiger partial charge in [-0.1, -0.05) is 12.6 Å². The summed E-state index contributed by atoms with van der Waals surface area (Å²) in [5.74, 6) is -0.735. The highest BCUT2D eigenvalue weighted by Gasteiger charge is 2.00. The molecule has 0 amide bonds. The molecule has 0 atom stereocenters. The van der Waals surface area contributed by atoms with Crippen LogP contribution in [-0.2, 0) is 4.79 Å². The summed E-state index contributed by atoms with van der Waals surface area (Å²) in [4.78, 5) is 10.3. The molecule has 0 aliphatic heterocycles. The maximum Gasteiger partial charge on any atom is 0.330 e. The monoisotopic (exact) mass is 160 g/mol. The zero-order valence-corrected chi connectivity index (χ0v) is 9.26. The molecule has 0 radical (unpaired) electrons. The van der Waals surface area contributed by atoms with Gasteiger partial charge >= 0.3 is 5.97 Å². The molecule has 0 aromatic rings. The molecule has 0 unspecified atom stereocenters. The molecule has 0 fully saturated rings. The standard InChI is InChI=1S/C5H12O2Si2/c1-2-4(3-9-8)5(6)7/h3H,2,9H2,1,8H3,(H,6,7). The van der Waals surface area contributed by atoms with Gasteiger partial charge < -0.3 is 5.11 Å². The topological polar surface area (TPSA) is 37.3 Å². The Morgan fingerprint density at radius 1 is 1.89 bits per heavy atom. The van der Waals surface area contributed by atoms with Crippen molar-refractivity contribution in [1.82, 2.24) is 0 Å². The van der Waals surface area contributed by atoms with Crippen molar-refractivity contribution in [1.29, 1.82) is 0 Å². The first kappa shape index (κ1) is 8.64. The fourth-order valence-electron chi connectivity index (χ4n) is 0.629. The third-order valence-corrected chi connectivity index (χ3v) is 3.23. The highest BCUT2D eigenvalue weighted by atomic mass is 29.1. The highest BCUT2D eigenvalue weighted by Crippen LogP contribution is 1.97. The van der Waals surface area contributed by atoms with E-state index in [1.54, 1.807) is 0 Å². The van der Waals surface area contributed by atoms with Gasteiger partial charge in [0.2, 0.25) is 0 Å². The number of rotatable bonds is 3. The van der Waals surface area contributed by atoms with Crippen LogP contribution in [0.25, 0.3) is 0 Å². The van der Waals surface area contributed by atoms with Crippen LogP contribution in [0.3, 0.4) is 0 Å². The largest absolute Gasteiger partial charge is 0.478 e. The molecule has 0 saturated carbocycles. The van der Waals surface area contributed by atoms with Gasteiger partial charge in [0.15, 0.2) is 0 Å². The zero-order chi connectivity index (χ0) is 7.28. The Kier molecular flexibility index (Phi) is 4.34. The molecule has 0 saturated heterocycles. The van der Waals surface area contributed by atoms with Crippen molar-refractivity contribution in [2.45, 2.75) is 13.3 Å². The van der Waals surface area contributed by atoms with Gasteiger partial charge in [-0.3, -0.25) is 0 Å². The van der Waals surface area contributed by atoms with Crippen LogP contribution in [0.1, 0.15) is 13.3 Å². The quantitative estimate of drug-likeness (QED) is 0.417. The lowest BCUT2D eigenvalue weighted by Crippen LogP contribution is -2.01. The Bertz CT molecular complexity index is 131. The van der Waals surface area contributed by atoms with Gasteiger partial charge in [0.1, 0.15) is 0 Å².